The maximum absolute atomic E-state index is 9.02. The van der Waals surface area contributed by atoms with Crippen LogP contribution in [0.15, 0.2) is 0 Å². The van der Waals surface area contributed by atoms with Gasteiger partial charge in [-0.25, -0.2) is 0 Å². The Balaban J connectivity index is 2.87. The summed E-state index contributed by atoms with van der Waals surface area (Å²) in [5.41, 5.74) is 5.59. The van der Waals surface area contributed by atoms with E-state index in [1.807, 2.05) is 6.92 Å². The Bertz CT molecular complexity index is 363. The Kier molecular flexibility index (Phi) is 6.09. The number of aliphatic hydroxyl groups is 1. The minimum absolute atomic E-state index is 0.0146. The van der Waals surface area contributed by atoms with Gasteiger partial charge in [-0.05, 0) is 6.92 Å². The van der Waals surface area contributed by atoms with E-state index in [9.17, 15) is 0 Å². The first kappa shape index (κ1) is 14.4. The molecule has 0 bridgehead atoms. The van der Waals surface area contributed by atoms with Crippen molar-refractivity contribution in [1.29, 1.82) is 0 Å². The van der Waals surface area contributed by atoms with Crippen LogP contribution in [0.3, 0.4) is 0 Å². The molecule has 0 aromatic carbocycles. The second-order valence-electron chi connectivity index (χ2n) is 3.41. The Labute approximate surface area is 106 Å². The fraction of sp³-hybridized carbons (Fsp3) is 0.700. The maximum atomic E-state index is 9.02. The van der Waals surface area contributed by atoms with Crippen LogP contribution in [-0.4, -0.2) is 60.1 Å². The van der Waals surface area contributed by atoms with Crippen LogP contribution in [-0.2, 0) is 4.74 Å². The van der Waals surface area contributed by atoms with E-state index in [1.54, 1.807) is 12.0 Å². The summed E-state index contributed by atoms with van der Waals surface area (Å²) < 4.78 is 10.2. The highest BCUT2D eigenvalue weighted by Gasteiger charge is 2.12. The molecule has 0 aliphatic carbocycles. The van der Waals surface area contributed by atoms with Gasteiger partial charge < -0.3 is 25.2 Å². The zero-order valence-electron chi connectivity index (χ0n) is 10.7. The molecule has 0 fully saturated rings. The lowest BCUT2D eigenvalue weighted by Gasteiger charge is -2.21. The van der Waals surface area contributed by atoms with Gasteiger partial charge in [-0.1, -0.05) is 0 Å². The fourth-order valence-electron chi connectivity index (χ4n) is 1.33. The third-order valence-electron chi connectivity index (χ3n) is 2.11. The summed E-state index contributed by atoms with van der Waals surface area (Å²) in [5.74, 6) is 0.459. The second-order valence-corrected chi connectivity index (χ2v) is 3.41. The molecule has 0 spiro atoms. The van der Waals surface area contributed by atoms with Gasteiger partial charge >= 0.3 is 6.01 Å². The predicted octanol–water partition coefficient (Wildman–Crippen LogP) is -0.702. The summed E-state index contributed by atoms with van der Waals surface area (Å²) in [4.78, 5) is 13.8. The summed E-state index contributed by atoms with van der Waals surface area (Å²) in [7, 11) is 1.60. The van der Waals surface area contributed by atoms with Gasteiger partial charge in [-0.3, -0.25) is 0 Å². The normalized spacial score (nSPS) is 10.4. The Hall–Kier alpha value is -1.67. The average molecular weight is 257 g/mol. The molecule has 0 amide bonds. The largest absolute Gasteiger partial charge is 0.464 e. The van der Waals surface area contributed by atoms with Gasteiger partial charge in [0.05, 0.1) is 19.8 Å². The van der Waals surface area contributed by atoms with Crippen LogP contribution in [0.4, 0.5) is 11.9 Å². The number of aromatic nitrogens is 3. The van der Waals surface area contributed by atoms with Crippen LogP contribution in [0.1, 0.15) is 6.92 Å². The van der Waals surface area contributed by atoms with Crippen molar-refractivity contribution in [2.45, 2.75) is 6.92 Å². The summed E-state index contributed by atoms with van der Waals surface area (Å²) in [6.45, 7) is 3.69. The third-order valence-corrected chi connectivity index (χ3v) is 2.11. The third kappa shape index (κ3) is 4.30. The van der Waals surface area contributed by atoms with Crippen LogP contribution < -0.4 is 15.4 Å². The molecule has 0 saturated heterocycles. The van der Waals surface area contributed by atoms with Crippen LogP contribution >= 0.6 is 0 Å². The molecule has 1 heterocycles. The first-order valence-corrected chi connectivity index (χ1v) is 5.70. The molecule has 102 valence electrons. The molecular formula is C10H19N5O3. The Morgan fingerprint density at radius 1 is 1.28 bits per heavy atom. The van der Waals surface area contributed by atoms with E-state index >= 15 is 0 Å². The summed E-state index contributed by atoms with van der Waals surface area (Å²) in [6, 6.07) is 0.181. The fourth-order valence-corrected chi connectivity index (χ4v) is 1.33. The molecule has 0 radical (unpaired) electrons. The number of rotatable bonds is 8. The number of hydrogen-bond acceptors (Lipinski definition) is 8. The molecule has 1 aromatic rings. The lowest BCUT2D eigenvalue weighted by atomic mass is 10.5. The molecule has 1 aromatic heterocycles. The van der Waals surface area contributed by atoms with E-state index in [2.05, 4.69) is 15.0 Å². The van der Waals surface area contributed by atoms with Gasteiger partial charge in [-0.15, -0.1) is 0 Å². The van der Waals surface area contributed by atoms with E-state index < -0.39 is 0 Å². The quantitative estimate of drug-likeness (QED) is 0.629. The second kappa shape index (κ2) is 7.62. The summed E-state index contributed by atoms with van der Waals surface area (Å²) >= 11 is 0. The molecule has 0 aliphatic heterocycles. The number of anilines is 2. The zero-order valence-corrected chi connectivity index (χ0v) is 10.7. The Morgan fingerprint density at radius 3 is 2.67 bits per heavy atom. The number of methoxy groups -OCH3 is 1. The van der Waals surface area contributed by atoms with Crippen LogP contribution in [0, 0.1) is 0 Å². The molecule has 0 unspecified atom stereocenters. The van der Waals surface area contributed by atoms with Crippen LogP contribution in [0.5, 0.6) is 6.01 Å². The SMILES string of the molecule is CCOc1nc(N)nc(N(CCO)CCOC)n1. The van der Waals surface area contributed by atoms with Gasteiger partial charge in [0.15, 0.2) is 0 Å². The molecule has 1 rings (SSSR count). The topological polar surface area (TPSA) is 107 Å². The molecule has 0 saturated carbocycles. The predicted molar refractivity (Wildman–Crippen MR) is 66.6 cm³/mol. The van der Waals surface area contributed by atoms with E-state index in [0.29, 0.717) is 32.3 Å². The van der Waals surface area contributed by atoms with Gasteiger partial charge in [0.1, 0.15) is 0 Å². The van der Waals surface area contributed by atoms with Crippen molar-refractivity contribution in [1.82, 2.24) is 15.0 Å². The van der Waals surface area contributed by atoms with Crippen molar-refractivity contribution in [2.75, 3.05) is 50.7 Å². The standard InChI is InChI=1S/C10H19N5O3/c1-3-18-10-13-8(11)12-9(14-10)15(4-6-16)5-7-17-2/h16H,3-7H2,1-2H3,(H2,11,12,13,14). The molecule has 0 atom stereocenters. The van der Waals surface area contributed by atoms with E-state index in [1.165, 1.54) is 0 Å². The van der Waals surface area contributed by atoms with Gasteiger partial charge in [-0.2, -0.15) is 15.0 Å². The average Bonchev–Trinajstić information content (AvgIpc) is 2.34. The minimum Gasteiger partial charge on any atom is -0.464 e. The Morgan fingerprint density at radius 2 is 2.06 bits per heavy atom. The van der Waals surface area contributed by atoms with Gasteiger partial charge in [0, 0.05) is 20.2 Å². The number of nitrogens with two attached hydrogens (primary N) is 1. The van der Waals surface area contributed by atoms with Crippen molar-refractivity contribution in [3.05, 3.63) is 0 Å². The highest BCUT2D eigenvalue weighted by atomic mass is 16.5. The van der Waals surface area contributed by atoms with Gasteiger partial charge in [0.2, 0.25) is 11.9 Å². The molecule has 3 N–H and O–H groups in total. The number of hydrogen-bond donors (Lipinski definition) is 2. The first-order valence-electron chi connectivity index (χ1n) is 5.70. The van der Waals surface area contributed by atoms with E-state index in [4.69, 9.17) is 20.3 Å². The highest BCUT2D eigenvalue weighted by Crippen LogP contribution is 2.13. The summed E-state index contributed by atoms with van der Waals surface area (Å²) in [5, 5.41) is 9.02. The molecule has 8 nitrogen and oxygen atoms in total. The number of ether oxygens (including phenoxy) is 2. The first-order chi connectivity index (χ1) is 8.71. The minimum atomic E-state index is -0.0146. The van der Waals surface area contributed by atoms with Crippen molar-refractivity contribution in [2.24, 2.45) is 0 Å². The zero-order chi connectivity index (χ0) is 13.4. The number of aliphatic hydroxyl groups excluding tert-OH is 1. The molecule has 8 heteroatoms. The van der Waals surface area contributed by atoms with Crippen LogP contribution in [0.25, 0.3) is 0 Å². The molecule has 0 aliphatic rings. The van der Waals surface area contributed by atoms with E-state index in [0.717, 1.165) is 0 Å². The smallest absolute Gasteiger partial charge is 0.323 e. The van der Waals surface area contributed by atoms with Crippen LogP contribution in [0.2, 0.25) is 0 Å². The van der Waals surface area contributed by atoms with Gasteiger partial charge in [0.25, 0.3) is 0 Å². The number of nitrogens with zero attached hydrogens (tertiary/aromatic N) is 4. The van der Waals surface area contributed by atoms with Crippen molar-refractivity contribution < 1.29 is 14.6 Å². The van der Waals surface area contributed by atoms with Crippen molar-refractivity contribution in [3.8, 4) is 6.01 Å². The lowest BCUT2D eigenvalue weighted by Crippen LogP contribution is -2.32. The maximum Gasteiger partial charge on any atom is 0.323 e. The van der Waals surface area contributed by atoms with Crippen molar-refractivity contribution >= 4 is 11.9 Å². The molecule has 18 heavy (non-hydrogen) atoms. The summed E-state index contributed by atoms with van der Waals surface area (Å²) in [6.07, 6.45) is 0. The van der Waals surface area contributed by atoms with Crippen molar-refractivity contribution in [3.63, 3.8) is 0 Å². The lowest BCUT2D eigenvalue weighted by molar-refractivity contribution is 0.202. The number of nitrogen functional groups attached to an aromatic ring is 1. The van der Waals surface area contributed by atoms with E-state index in [-0.39, 0.29) is 18.6 Å². The molecular weight excluding hydrogens is 238 g/mol. The highest BCUT2D eigenvalue weighted by molar-refractivity contribution is 5.35. The monoisotopic (exact) mass is 257 g/mol.